The second-order valence-corrected chi connectivity index (χ2v) is 8.21. The summed E-state index contributed by atoms with van der Waals surface area (Å²) >= 11 is 0. The normalized spacial score (nSPS) is 24.5. The van der Waals surface area contributed by atoms with Crippen LogP contribution in [0.3, 0.4) is 0 Å². The summed E-state index contributed by atoms with van der Waals surface area (Å²) in [5.41, 5.74) is 1.42. The molecule has 0 aromatic heterocycles. The number of rotatable bonds is 6. The molecule has 0 spiro atoms. The smallest absolute Gasteiger partial charge is 0.157 e. The number of ketones is 1. The standard InChI is InChI=1S/C22H30FN3O2.3ClH/c23-19-4-2-1-3-18(19)21(22(28)16-5-6-16)26-12-8-20(27)17(15-26)7-11-25-13-9-24-10-14-25;;;/h1-4,7,16,20-21,24,27H,5-6,8-15H2;3*1H. The van der Waals surface area contributed by atoms with Crippen molar-refractivity contribution in [2.45, 2.75) is 31.4 Å². The Bertz CT molecular complexity index is 742. The molecule has 1 saturated carbocycles. The van der Waals surface area contributed by atoms with Gasteiger partial charge in [-0.05, 0) is 30.9 Å². The zero-order valence-electron chi connectivity index (χ0n) is 17.5. The lowest BCUT2D eigenvalue weighted by molar-refractivity contribution is -0.126. The summed E-state index contributed by atoms with van der Waals surface area (Å²) in [5, 5.41) is 13.8. The molecule has 3 aliphatic rings. The molecule has 1 aromatic rings. The minimum atomic E-state index is -0.552. The Morgan fingerprint density at radius 2 is 1.81 bits per heavy atom. The summed E-state index contributed by atoms with van der Waals surface area (Å²) in [6.07, 6.45) is 4.03. The van der Waals surface area contributed by atoms with E-state index in [2.05, 4.69) is 21.2 Å². The number of Topliss-reactive ketones (excluding diaryl/α,β-unsaturated/α-hetero) is 1. The van der Waals surface area contributed by atoms with Gasteiger partial charge in [-0.2, -0.15) is 0 Å². The topological polar surface area (TPSA) is 55.8 Å². The van der Waals surface area contributed by atoms with Crippen LogP contribution < -0.4 is 5.32 Å². The second-order valence-electron chi connectivity index (χ2n) is 8.21. The average molecular weight is 497 g/mol. The maximum absolute atomic E-state index is 14.5. The van der Waals surface area contributed by atoms with E-state index in [9.17, 15) is 14.3 Å². The Kier molecular flexibility index (Phi) is 12.0. The molecule has 0 bridgehead atoms. The first kappa shape index (κ1) is 28.3. The number of nitrogens with zero attached hydrogens (tertiary/aromatic N) is 2. The highest BCUT2D eigenvalue weighted by Crippen LogP contribution is 2.39. The number of piperazine rings is 1. The third-order valence-corrected chi connectivity index (χ3v) is 6.14. The van der Waals surface area contributed by atoms with E-state index in [0.717, 1.165) is 51.1 Å². The minimum Gasteiger partial charge on any atom is -0.389 e. The van der Waals surface area contributed by atoms with Crippen molar-refractivity contribution < 1.29 is 14.3 Å². The van der Waals surface area contributed by atoms with Crippen LogP contribution in [-0.4, -0.2) is 72.6 Å². The fourth-order valence-electron chi connectivity index (χ4n) is 4.27. The molecule has 176 valence electrons. The van der Waals surface area contributed by atoms with Crippen molar-refractivity contribution in [2.24, 2.45) is 5.92 Å². The summed E-state index contributed by atoms with van der Waals surface area (Å²) in [5.74, 6) is -0.133. The lowest BCUT2D eigenvalue weighted by Crippen LogP contribution is -2.45. The number of aliphatic hydroxyl groups excluding tert-OH is 1. The van der Waals surface area contributed by atoms with Crippen LogP contribution in [0.1, 0.15) is 30.9 Å². The molecule has 2 saturated heterocycles. The van der Waals surface area contributed by atoms with Crippen molar-refractivity contribution in [1.29, 1.82) is 0 Å². The monoisotopic (exact) mass is 495 g/mol. The maximum atomic E-state index is 14.5. The van der Waals surface area contributed by atoms with Gasteiger partial charge in [-0.15, -0.1) is 37.2 Å². The highest BCUT2D eigenvalue weighted by atomic mass is 35.5. The van der Waals surface area contributed by atoms with Crippen molar-refractivity contribution >= 4 is 43.0 Å². The van der Waals surface area contributed by atoms with Crippen LogP contribution in [0.4, 0.5) is 4.39 Å². The van der Waals surface area contributed by atoms with Crippen molar-refractivity contribution in [2.75, 3.05) is 45.8 Å². The molecule has 9 heteroatoms. The van der Waals surface area contributed by atoms with Gasteiger partial charge >= 0.3 is 0 Å². The van der Waals surface area contributed by atoms with Gasteiger partial charge in [0.05, 0.1) is 12.1 Å². The zero-order valence-corrected chi connectivity index (χ0v) is 20.0. The van der Waals surface area contributed by atoms with Crippen LogP contribution in [0.15, 0.2) is 35.9 Å². The first-order chi connectivity index (χ1) is 13.6. The van der Waals surface area contributed by atoms with Gasteiger partial charge < -0.3 is 10.4 Å². The number of piperidine rings is 1. The van der Waals surface area contributed by atoms with Crippen molar-refractivity contribution in [3.05, 3.63) is 47.3 Å². The van der Waals surface area contributed by atoms with Gasteiger partial charge in [-0.25, -0.2) is 4.39 Å². The van der Waals surface area contributed by atoms with Gasteiger partial charge in [-0.3, -0.25) is 14.6 Å². The van der Waals surface area contributed by atoms with Gasteiger partial charge in [0.15, 0.2) is 5.78 Å². The Morgan fingerprint density at radius 3 is 2.45 bits per heavy atom. The van der Waals surface area contributed by atoms with E-state index >= 15 is 0 Å². The minimum absolute atomic E-state index is 0. The van der Waals surface area contributed by atoms with E-state index in [1.165, 1.54) is 6.07 Å². The molecule has 0 amide bonds. The van der Waals surface area contributed by atoms with E-state index in [4.69, 9.17) is 0 Å². The number of carbonyl (C=O) groups excluding carboxylic acids is 1. The number of benzene rings is 1. The van der Waals surface area contributed by atoms with Crippen LogP contribution >= 0.6 is 37.2 Å². The largest absolute Gasteiger partial charge is 0.389 e. The van der Waals surface area contributed by atoms with E-state index in [1.54, 1.807) is 18.2 Å². The van der Waals surface area contributed by atoms with Crippen LogP contribution in [0.5, 0.6) is 0 Å². The molecule has 1 aliphatic carbocycles. The number of aliphatic hydroxyl groups is 1. The molecular formula is C22H33Cl3FN3O2. The molecule has 2 atom stereocenters. The lowest BCUT2D eigenvalue weighted by Gasteiger charge is -2.38. The number of carbonyl (C=O) groups is 1. The molecule has 0 radical (unpaired) electrons. The Labute approximate surface area is 202 Å². The fourth-order valence-corrected chi connectivity index (χ4v) is 4.27. The summed E-state index contributed by atoms with van der Waals surface area (Å²) in [4.78, 5) is 17.5. The van der Waals surface area contributed by atoms with Gasteiger partial charge in [-0.1, -0.05) is 24.3 Å². The predicted octanol–water partition coefficient (Wildman–Crippen LogP) is 3.01. The first-order valence-electron chi connectivity index (χ1n) is 10.5. The van der Waals surface area contributed by atoms with Crippen LogP contribution in [0.25, 0.3) is 0 Å². The molecule has 3 fully saturated rings. The number of likely N-dealkylation sites (tertiary alicyclic amines) is 1. The quantitative estimate of drug-likeness (QED) is 0.593. The Balaban J connectivity index is 0.00000160. The summed E-state index contributed by atoms with van der Waals surface area (Å²) in [6.45, 7) is 5.91. The highest BCUT2D eigenvalue weighted by Gasteiger charge is 2.40. The van der Waals surface area contributed by atoms with Crippen LogP contribution in [-0.2, 0) is 4.79 Å². The fraction of sp³-hybridized carbons (Fsp3) is 0.591. The van der Waals surface area contributed by atoms with Crippen LogP contribution in [0.2, 0.25) is 0 Å². The van der Waals surface area contributed by atoms with E-state index in [1.807, 2.05) is 0 Å². The molecule has 1 aromatic carbocycles. The Morgan fingerprint density at radius 1 is 1.13 bits per heavy atom. The third kappa shape index (κ3) is 7.13. The summed E-state index contributed by atoms with van der Waals surface area (Å²) in [7, 11) is 0. The molecular weight excluding hydrogens is 464 g/mol. The summed E-state index contributed by atoms with van der Waals surface area (Å²) < 4.78 is 14.5. The molecule has 31 heavy (non-hydrogen) atoms. The molecule has 2 heterocycles. The molecule has 2 unspecified atom stereocenters. The van der Waals surface area contributed by atoms with E-state index in [0.29, 0.717) is 25.1 Å². The van der Waals surface area contributed by atoms with Gasteiger partial charge in [0.2, 0.25) is 0 Å². The second kappa shape index (κ2) is 13.1. The zero-order chi connectivity index (χ0) is 19.5. The highest BCUT2D eigenvalue weighted by molar-refractivity contribution is 5.89. The van der Waals surface area contributed by atoms with Crippen molar-refractivity contribution in [3.8, 4) is 0 Å². The summed E-state index contributed by atoms with van der Waals surface area (Å²) in [6, 6.07) is 6.07. The molecule has 2 N–H and O–H groups in total. The van der Waals surface area contributed by atoms with E-state index < -0.39 is 12.1 Å². The average Bonchev–Trinajstić information content (AvgIpc) is 3.56. The number of nitrogens with one attached hydrogen (secondary N) is 1. The maximum Gasteiger partial charge on any atom is 0.157 e. The molecule has 4 rings (SSSR count). The number of hydrogen-bond donors (Lipinski definition) is 2. The molecule has 5 nitrogen and oxygen atoms in total. The number of halogens is 4. The first-order valence-corrected chi connectivity index (χ1v) is 10.5. The van der Waals surface area contributed by atoms with Gasteiger partial charge in [0, 0.05) is 57.3 Å². The molecule has 2 aliphatic heterocycles. The van der Waals surface area contributed by atoms with Crippen molar-refractivity contribution in [1.82, 2.24) is 15.1 Å². The lowest BCUT2D eigenvalue weighted by atomic mass is 9.92. The Hall–Kier alpha value is -0.730. The number of hydrogen-bond acceptors (Lipinski definition) is 5. The third-order valence-electron chi connectivity index (χ3n) is 6.14. The van der Waals surface area contributed by atoms with Crippen LogP contribution in [0, 0.1) is 11.7 Å². The van der Waals surface area contributed by atoms with Crippen molar-refractivity contribution in [3.63, 3.8) is 0 Å². The van der Waals surface area contributed by atoms with Gasteiger partial charge in [0.25, 0.3) is 0 Å². The van der Waals surface area contributed by atoms with E-state index in [-0.39, 0.29) is 54.7 Å². The predicted molar refractivity (Wildman–Crippen MR) is 128 cm³/mol. The SMILES string of the molecule is Cl.Cl.Cl.O=C(C1CC1)C(c1ccccc1F)N1CCC(O)C(=CCN2CCNCC2)C1. The van der Waals surface area contributed by atoms with Gasteiger partial charge in [0.1, 0.15) is 5.82 Å².